The van der Waals surface area contributed by atoms with Crippen LogP contribution >= 0.6 is 15.9 Å². The molecule has 2 aromatic carbocycles. The van der Waals surface area contributed by atoms with Crippen LogP contribution in [0.25, 0.3) is 11.5 Å². The van der Waals surface area contributed by atoms with Crippen molar-refractivity contribution in [2.24, 2.45) is 0 Å². The Morgan fingerprint density at radius 3 is 2.96 bits per heavy atom. The Hall–Kier alpha value is -2.14. The van der Waals surface area contributed by atoms with Gasteiger partial charge in [0.15, 0.2) is 0 Å². The van der Waals surface area contributed by atoms with E-state index in [1.807, 2.05) is 24.3 Å². The van der Waals surface area contributed by atoms with Crippen molar-refractivity contribution >= 4 is 21.6 Å². The number of anilines is 1. The second-order valence-corrected chi connectivity index (χ2v) is 7.08. The first-order chi connectivity index (χ1) is 11.7. The summed E-state index contributed by atoms with van der Waals surface area (Å²) in [7, 11) is 0. The maximum atomic E-state index is 5.88. The maximum absolute atomic E-state index is 5.88. The van der Waals surface area contributed by atoms with Gasteiger partial charge in [-0.15, -0.1) is 10.2 Å². The number of halogens is 1. The Labute approximate surface area is 149 Å². The number of aryl methyl sites for hydroxylation is 2. The van der Waals surface area contributed by atoms with Crippen LogP contribution in [0, 0.1) is 6.92 Å². The van der Waals surface area contributed by atoms with E-state index in [1.165, 1.54) is 16.8 Å². The molecule has 0 fully saturated rings. The van der Waals surface area contributed by atoms with E-state index in [0.29, 0.717) is 18.3 Å². The second-order valence-electron chi connectivity index (χ2n) is 6.17. The molecule has 24 heavy (non-hydrogen) atoms. The molecule has 0 saturated carbocycles. The molecule has 1 aromatic heterocycles. The highest BCUT2D eigenvalue weighted by Crippen LogP contribution is 2.29. The fraction of sp³-hybridized carbons (Fsp3) is 0.263. The largest absolute Gasteiger partial charge is 0.419 e. The molecule has 4 nitrogen and oxygen atoms in total. The Balaban J connectivity index is 1.57. The molecular formula is C19H18BrN3O. The lowest BCUT2D eigenvalue weighted by molar-refractivity contribution is 0.493. The van der Waals surface area contributed by atoms with Crippen molar-refractivity contribution in [3.8, 4) is 11.5 Å². The van der Waals surface area contributed by atoms with Crippen LogP contribution in [-0.4, -0.2) is 16.7 Å². The Morgan fingerprint density at radius 2 is 2.08 bits per heavy atom. The molecule has 0 amide bonds. The minimum atomic E-state index is 0.562. The van der Waals surface area contributed by atoms with E-state index in [2.05, 4.69) is 56.2 Å². The quantitative estimate of drug-likeness (QED) is 0.653. The predicted molar refractivity (Wildman–Crippen MR) is 98.0 cm³/mol. The topological polar surface area (TPSA) is 42.2 Å². The third-order valence-electron chi connectivity index (χ3n) is 4.31. The average Bonchev–Trinajstić information content (AvgIpc) is 3.03. The van der Waals surface area contributed by atoms with Gasteiger partial charge in [-0.05, 0) is 49.6 Å². The molecule has 3 aromatic rings. The predicted octanol–water partition coefficient (Wildman–Crippen LogP) is 4.76. The van der Waals surface area contributed by atoms with Gasteiger partial charge in [-0.3, -0.25) is 0 Å². The van der Waals surface area contributed by atoms with Gasteiger partial charge in [-0.25, -0.2) is 0 Å². The molecule has 2 heterocycles. The highest BCUT2D eigenvalue weighted by atomic mass is 79.9. The number of hydrogen-bond donors (Lipinski definition) is 0. The number of rotatable bonds is 3. The van der Waals surface area contributed by atoms with Crippen LogP contribution in [0.1, 0.15) is 23.4 Å². The molecule has 0 aliphatic carbocycles. The molecule has 0 radical (unpaired) electrons. The minimum Gasteiger partial charge on any atom is -0.419 e. The van der Waals surface area contributed by atoms with Crippen LogP contribution < -0.4 is 4.90 Å². The SMILES string of the molecule is Cc1ccc2c(c1)CCCN2Cc1nnc(-c2cccc(Br)c2)o1. The summed E-state index contributed by atoms with van der Waals surface area (Å²) in [5.74, 6) is 1.21. The molecule has 122 valence electrons. The van der Waals surface area contributed by atoms with Crippen molar-refractivity contribution < 1.29 is 4.42 Å². The fourth-order valence-electron chi connectivity index (χ4n) is 3.19. The number of hydrogen-bond acceptors (Lipinski definition) is 4. The van der Waals surface area contributed by atoms with Crippen molar-refractivity contribution in [2.75, 3.05) is 11.4 Å². The van der Waals surface area contributed by atoms with Gasteiger partial charge in [0.2, 0.25) is 11.8 Å². The van der Waals surface area contributed by atoms with E-state index in [1.54, 1.807) is 0 Å². The molecule has 1 aliphatic rings. The number of fused-ring (bicyclic) bond motifs is 1. The summed E-state index contributed by atoms with van der Waals surface area (Å²) in [4.78, 5) is 2.33. The summed E-state index contributed by atoms with van der Waals surface area (Å²) in [6.07, 6.45) is 2.30. The van der Waals surface area contributed by atoms with E-state index >= 15 is 0 Å². The summed E-state index contributed by atoms with van der Waals surface area (Å²) in [6.45, 7) is 3.81. The minimum absolute atomic E-state index is 0.562. The molecule has 5 heteroatoms. The van der Waals surface area contributed by atoms with Crippen molar-refractivity contribution in [3.05, 3.63) is 64.0 Å². The van der Waals surface area contributed by atoms with Crippen LogP contribution in [0.5, 0.6) is 0 Å². The summed E-state index contributed by atoms with van der Waals surface area (Å²) in [5, 5.41) is 8.43. The maximum Gasteiger partial charge on any atom is 0.247 e. The van der Waals surface area contributed by atoms with Crippen LogP contribution in [-0.2, 0) is 13.0 Å². The standard InChI is InChI=1S/C19H18BrN3O/c1-13-7-8-17-14(10-13)5-3-9-23(17)12-18-21-22-19(24-18)15-4-2-6-16(20)11-15/h2,4,6-8,10-11H,3,5,9,12H2,1H3. The van der Waals surface area contributed by atoms with E-state index < -0.39 is 0 Å². The Bertz CT molecular complexity index is 875. The molecule has 4 rings (SSSR count). The van der Waals surface area contributed by atoms with Crippen molar-refractivity contribution in [2.45, 2.75) is 26.3 Å². The monoisotopic (exact) mass is 383 g/mol. The van der Waals surface area contributed by atoms with E-state index in [9.17, 15) is 0 Å². The smallest absolute Gasteiger partial charge is 0.247 e. The van der Waals surface area contributed by atoms with Gasteiger partial charge in [-0.2, -0.15) is 0 Å². The number of aromatic nitrogens is 2. The van der Waals surface area contributed by atoms with Gasteiger partial charge in [0.25, 0.3) is 0 Å². The lowest BCUT2D eigenvalue weighted by Gasteiger charge is -2.30. The molecule has 0 N–H and O–H groups in total. The zero-order valence-corrected chi connectivity index (χ0v) is 15.1. The molecule has 0 atom stereocenters. The first kappa shape index (κ1) is 15.4. The lowest BCUT2D eigenvalue weighted by Crippen LogP contribution is -2.29. The molecule has 0 bridgehead atoms. The summed E-state index contributed by atoms with van der Waals surface area (Å²) < 4.78 is 6.88. The third-order valence-corrected chi connectivity index (χ3v) is 4.81. The van der Waals surface area contributed by atoms with Gasteiger partial charge in [0.1, 0.15) is 0 Å². The average molecular weight is 384 g/mol. The summed E-state index contributed by atoms with van der Waals surface area (Å²) in [5.41, 5.74) is 4.94. The van der Waals surface area contributed by atoms with Crippen LogP contribution in [0.3, 0.4) is 0 Å². The van der Waals surface area contributed by atoms with Crippen molar-refractivity contribution in [3.63, 3.8) is 0 Å². The highest BCUT2D eigenvalue weighted by Gasteiger charge is 2.19. The van der Waals surface area contributed by atoms with Crippen LogP contribution in [0.2, 0.25) is 0 Å². The molecular weight excluding hydrogens is 366 g/mol. The third kappa shape index (κ3) is 3.08. The van der Waals surface area contributed by atoms with Crippen LogP contribution in [0.4, 0.5) is 5.69 Å². The van der Waals surface area contributed by atoms with Gasteiger partial charge in [-0.1, -0.05) is 39.7 Å². The lowest BCUT2D eigenvalue weighted by atomic mass is 10.00. The first-order valence-electron chi connectivity index (χ1n) is 8.12. The molecule has 0 unspecified atom stereocenters. The highest BCUT2D eigenvalue weighted by molar-refractivity contribution is 9.10. The van der Waals surface area contributed by atoms with Crippen molar-refractivity contribution in [1.82, 2.24) is 10.2 Å². The molecule has 0 spiro atoms. The number of nitrogens with zero attached hydrogens (tertiary/aromatic N) is 3. The number of benzene rings is 2. The first-order valence-corrected chi connectivity index (χ1v) is 8.91. The Morgan fingerprint density at radius 1 is 1.17 bits per heavy atom. The Kier molecular flexibility index (Phi) is 4.10. The van der Waals surface area contributed by atoms with E-state index in [-0.39, 0.29) is 0 Å². The zero-order valence-electron chi connectivity index (χ0n) is 13.5. The molecule has 0 saturated heterocycles. The van der Waals surface area contributed by atoms with Gasteiger partial charge >= 0.3 is 0 Å². The fourth-order valence-corrected chi connectivity index (χ4v) is 3.59. The summed E-state index contributed by atoms with van der Waals surface area (Å²) >= 11 is 3.47. The molecule has 1 aliphatic heterocycles. The van der Waals surface area contributed by atoms with Gasteiger partial charge < -0.3 is 9.32 Å². The summed E-state index contributed by atoms with van der Waals surface area (Å²) in [6, 6.07) is 14.5. The zero-order chi connectivity index (χ0) is 16.5. The van der Waals surface area contributed by atoms with E-state index in [0.717, 1.165) is 29.4 Å². The second kappa shape index (κ2) is 6.40. The van der Waals surface area contributed by atoms with Gasteiger partial charge in [0, 0.05) is 22.3 Å². The van der Waals surface area contributed by atoms with Crippen molar-refractivity contribution in [1.29, 1.82) is 0 Å². The van der Waals surface area contributed by atoms with E-state index in [4.69, 9.17) is 4.42 Å². The van der Waals surface area contributed by atoms with Gasteiger partial charge in [0.05, 0.1) is 6.54 Å². The normalized spacial score (nSPS) is 13.8. The van der Waals surface area contributed by atoms with Crippen LogP contribution in [0.15, 0.2) is 51.4 Å².